The Morgan fingerprint density at radius 3 is 2.41 bits per heavy atom. The highest BCUT2D eigenvalue weighted by molar-refractivity contribution is 7.92. The maximum atomic E-state index is 11.2. The number of aliphatic hydroxyl groups is 1. The fourth-order valence-electron chi connectivity index (χ4n) is 2.51. The first-order chi connectivity index (χ1) is 13.5. The van der Waals surface area contributed by atoms with E-state index in [0.29, 0.717) is 17.0 Å². The number of anilines is 1. The molecule has 0 aromatic heterocycles. The number of hydrogen-bond acceptors (Lipinski definition) is 7. The molecule has 0 bridgehead atoms. The summed E-state index contributed by atoms with van der Waals surface area (Å²) in [6, 6.07) is 10.6. The van der Waals surface area contributed by atoms with Crippen molar-refractivity contribution in [2.45, 2.75) is 19.1 Å². The number of carbonyl (C=O) groups excluding carboxylic acids is 1. The van der Waals surface area contributed by atoms with Crippen LogP contribution >= 0.6 is 0 Å². The minimum absolute atomic E-state index is 0.0180. The van der Waals surface area contributed by atoms with Crippen LogP contribution in [0, 0.1) is 0 Å². The molecule has 0 aliphatic rings. The third kappa shape index (κ3) is 7.26. The first kappa shape index (κ1) is 22.5. The summed E-state index contributed by atoms with van der Waals surface area (Å²) in [7, 11) is -3.35. The van der Waals surface area contributed by atoms with E-state index in [4.69, 9.17) is 10.5 Å². The van der Waals surface area contributed by atoms with Crippen LogP contribution in [0.3, 0.4) is 0 Å². The number of nitrogens with one attached hydrogen (secondary N) is 2. The zero-order valence-corrected chi connectivity index (χ0v) is 16.9. The topological polar surface area (TPSA) is 151 Å². The van der Waals surface area contributed by atoms with Crippen LogP contribution < -0.4 is 20.5 Å². The Morgan fingerprint density at radius 2 is 1.86 bits per heavy atom. The number of phenols is 1. The van der Waals surface area contributed by atoms with Crippen LogP contribution in [0.15, 0.2) is 42.5 Å². The van der Waals surface area contributed by atoms with Crippen LogP contribution in [0.2, 0.25) is 0 Å². The number of hydrogen-bond donors (Lipinski definition) is 5. The summed E-state index contributed by atoms with van der Waals surface area (Å²) in [4.78, 5) is 11.1. The maximum Gasteiger partial charge on any atom is 0.252 e. The second-order valence-electron chi connectivity index (χ2n) is 6.68. The number of rotatable bonds is 10. The van der Waals surface area contributed by atoms with Gasteiger partial charge in [0.25, 0.3) is 5.91 Å². The van der Waals surface area contributed by atoms with E-state index in [0.717, 1.165) is 6.26 Å². The molecule has 0 aliphatic carbocycles. The molecular weight excluding hydrogens is 398 g/mol. The highest BCUT2D eigenvalue weighted by atomic mass is 32.2. The van der Waals surface area contributed by atoms with Gasteiger partial charge >= 0.3 is 0 Å². The molecule has 158 valence electrons. The SMILES string of the molecule is CC(COc1ccc(C(N)=O)c(O)c1)NCC(O)c1ccc(NS(C)(=O)=O)cc1. The summed E-state index contributed by atoms with van der Waals surface area (Å²) in [5, 5.41) is 23.1. The number of amides is 1. The Hall–Kier alpha value is -2.82. The van der Waals surface area contributed by atoms with E-state index < -0.39 is 22.0 Å². The van der Waals surface area contributed by atoms with Gasteiger partial charge in [0.05, 0.1) is 17.9 Å². The van der Waals surface area contributed by atoms with Crippen molar-refractivity contribution >= 4 is 21.6 Å². The van der Waals surface area contributed by atoms with Gasteiger partial charge in [0.1, 0.15) is 18.1 Å². The average Bonchev–Trinajstić information content (AvgIpc) is 2.63. The highest BCUT2D eigenvalue weighted by Gasteiger charge is 2.12. The predicted molar refractivity (Wildman–Crippen MR) is 109 cm³/mol. The van der Waals surface area contributed by atoms with Gasteiger partial charge in [-0.3, -0.25) is 9.52 Å². The van der Waals surface area contributed by atoms with Crippen molar-refractivity contribution in [1.29, 1.82) is 0 Å². The standard InChI is InChI=1S/C19H25N3O6S/c1-12(11-28-15-7-8-16(19(20)25)17(23)9-15)21-10-18(24)13-3-5-14(6-4-13)22-29(2,26)27/h3-9,12,18,21-24H,10-11H2,1-2H3,(H2,20,25). The molecule has 9 nitrogen and oxygen atoms in total. The number of primary amides is 1. The molecule has 6 N–H and O–H groups in total. The minimum atomic E-state index is -3.35. The molecule has 0 heterocycles. The first-order valence-corrected chi connectivity index (χ1v) is 10.7. The summed E-state index contributed by atoms with van der Waals surface area (Å²) in [6.45, 7) is 2.39. The molecule has 29 heavy (non-hydrogen) atoms. The molecule has 2 aromatic rings. The second-order valence-corrected chi connectivity index (χ2v) is 8.42. The molecule has 0 radical (unpaired) electrons. The van der Waals surface area contributed by atoms with Crippen molar-refractivity contribution in [2.75, 3.05) is 24.1 Å². The van der Waals surface area contributed by atoms with Crippen LogP contribution in [0.1, 0.15) is 28.9 Å². The normalized spacial score (nSPS) is 13.5. The monoisotopic (exact) mass is 423 g/mol. The molecule has 2 aromatic carbocycles. The van der Waals surface area contributed by atoms with E-state index in [-0.39, 0.29) is 30.5 Å². The minimum Gasteiger partial charge on any atom is -0.507 e. The lowest BCUT2D eigenvalue weighted by Gasteiger charge is -2.18. The van der Waals surface area contributed by atoms with Gasteiger partial charge in [-0.25, -0.2) is 8.42 Å². The molecular formula is C19H25N3O6S. The van der Waals surface area contributed by atoms with Crippen LogP contribution in [0.5, 0.6) is 11.5 Å². The van der Waals surface area contributed by atoms with Gasteiger partial charge in [-0.15, -0.1) is 0 Å². The lowest BCUT2D eigenvalue weighted by atomic mass is 10.1. The summed E-state index contributed by atoms with van der Waals surface area (Å²) in [5.41, 5.74) is 6.21. The molecule has 0 spiro atoms. The van der Waals surface area contributed by atoms with Gasteiger partial charge in [-0.1, -0.05) is 12.1 Å². The van der Waals surface area contributed by atoms with Crippen molar-refractivity contribution in [2.24, 2.45) is 5.73 Å². The number of aromatic hydroxyl groups is 1. The largest absolute Gasteiger partial charge is 0.507 e. The van der Waals surface area contributed by atoms with Gasteiger partial charge in [0, 0.05) is 24.3 Å². The zero-order valence-electron chi connectivity index (χ0n) is 16.1. The quantitative estimate of drug-likeness (QED) is 0.382. The fraction of sp³-hybridized carbons (Fsp3) is 0.316. The maximum absolute atomic E-state index is 11.2. The van der Waals surface area contributed by atoms with E-state index in [9.17, 15) is 23.4 Å². The average molecular weight is 423 g/mol. The van der Waals surface area contributed by atoms with Gasteiger partial charge in [0.2, 0.25) is 10.0 Å². The van der Waals surface area contributed by atoms with Crippen molar-refractivity contribution in [3.8, 4) is 11.5 Å². The molecule has 2 unspecified atom stereocenters. The third-order valence-electron chi connectivity index (χ3n) is 3.99. The summed E-state index contributed by atoms with van der Waals surface area (Å²) in [5.74, 6) is -0.589. The number of carbonyl (C=O) groups is 1. The van der Waals surface area contributed by atoms with Crippen LogP contribution in [-0.2, 0) is 10.0 Å². The Morgan fingerprint density at radius 1 is 1.21 bits per heavy atom. The number of ether oxygens (including phenoxy) is 1. The van der Waals surface area contributed by atoms with Gasteiger partial charge in [-0.2, -0.15) is 0 Å². The Bertz CT molecular complexity index is 947. The molecule has 0 aliphatic heterocycles. The fourth-order valence-corrected chi connectivity index (χ4v) is 3.07. The van der Waals surface area contributed by atoms with E-state index in [2.05, 4.69) is 10.0 Å². The summed E-state index contributed by atoms with van der Waals surface area (Å²) < 4.78 is 30.3. The van der Waals surface area contributed by atoms with Gasteiger partial charge < -0.3 is 26.0 Å². The predicted octanol–water partition coefficient (Wildman–Crippen LogP) is 0.953. The number of benzene rings is 2. The van der Waals surface area contributed by atoms with Crippen molar-refractivity contribution in [3.63, 3.8) is 0 Å². The number of nitrogens with two attached hydrogens (primary N) is 1. The second kappa shape index (κ2) is 9.59. The third-order valence-corrected chi connectivity index (χ3v) is 4.60. The molecule has 0 fully saturated rings. The van der Waals surface area contributed by atoms with Gasteiger partial charge in [0.15, 0.2) is 0 Å². The first-order valence-electron chi connectivity index (χ1n) is 8.80. The van der Waals surface area contributed by atoms with Crippen molar-refractivity contribution in [3.05, 3.63) is 53.6 Å². The lowest BCUT2D eigenvalue weighted by molar-refractivity contribution is 0.0997. The molecule has 0 saturated heterocycles. The molecule has 1 amide bonds. The highest BCUT2D eigenvalue weighted by Crippen LogP contribution is 2.23. The number of aliphatic hydroxyl groups excluding tert-OH is 1. The van der Waals surface area contributed by atoms with E-state index in [1.165, 1.54) is 18.2 Å². The van der Waals surface area contributed by atoms with Crippen LogP contribution in [0.25, 0.3) is 0 Å². The van der Waals surface area contributed by atoms with E-state index in [1.54, 1.807) is 24.3 Å². The van der Waals surface area contributed by atoms with Crippen molar-refractivity contribution in [1.82, 2.24) is 5.32 Å². The van der Waals surface area contributed by atoms with E-state index in [1.807, 2.05) is 6.92 Å². The smallest absolute Gasteiger partial charge is 0.252 e. The molecule has 10 heteroatoms. The van der Waals surface area contributed by atoms with Gasteiger partial charge in [-0.05, 0) is 36.8 Å². The Kier molecular flexibility index (Phi) is 7.43. The van der Waals surface area contributed by atoms with E-state index >= 15 is 0 Å². The Labute approximate surface area is 169 Å². The molecule has 0 saturated carbocycles. The van der Waals surface area contributed by atoms with Crippen LogP contribution in [0.4, 0.5) is 5.69 Å². The zero-order chi connectivity index (χ0) is 21.6. The molecule has 2 atom stereocenters. The van der Waals surface area contributed by atoms with Crippen molar-refractivity contribution < 1.29 is 28.2 Å². The summed E-state index contributed by atoms with van der Waals surface area (Å²) in [6.07, 6.45) is 0.278. The Balaban J connectivity index is 1.82. The molecule has 2 rings (SSSR count). The number of sulfonamides is 1. The lowest BCUT2D eigenvalue weighted by Crippen LogP contribution is -2.34. The van der Waals surface area contributed by atoms with Crippen LogP contribution in [-0.4, -0.2) is 50.0 Å². The summed E-state index contributed by atoms with van der Waals surface area (Å²) >= 11 is 0.